The summed E-state index contributed by atoms with van der Waals surface area (Å²) < 4.78 is 33.7. The maximum Gasteiger partial charge on any atom is 0.337 e. The van der Waals surface area contributed by atoms with E-state index < -0.39 is 16.0 Å². The van der Waals surface area contributed by atoms with Gasteiger partial charge in [-0.3, -0.25) is 0 Å². The molecule has 1 aliphatic carbocycles. The van der Waals surface area contributed by atoms with Crippen LogP contribution in [0.3, 0.4) is 0 Å². The lowest BCUT2D eigenvalue weighted by molar-refractivity contribution is 0.0600. The summed E-state index contributed by atoms with van der Waals surface area (Å²) in [5, 5.41) is 0.502. The molecule has 170 valence electrons. The second kappa shape index (κ2) is 11.4. The molecule has 0 amide bonds. The number of methoxy groups -OCH3 is 1. The van der Waals surface area contributed by atoms with E-state index in [2.05, 4.69) is 0 Å². The van der Waals surface area contributed by atoms with Gasteiger partial charge in [0.25, 0.3) is 0 Å². The van der Waals surface area contributed by atoms with E-state index in [4.69, 9.17) is 16.3 Å². The second-order valence-corrected chi connectivity index (χ2v) is 10.0. The van der Waals surface area contributed by atoms with Crippen LogP contribution in [-0.2, 0) is 21.3 Å². The molecule has 31 heavy (non-hydrogen) atoms. The minimum atomic E-state index is -3.71. The van der Waals surface area contributed by atoms with Gasteiger partial charge in [0, 0.05) is 17.6 Å². The first kappa shape index (κ1) is 25.7. The Balaban J connectivity index is 0.00000341. The van der Waals surface area contributed by atoms with Crippen molar-refractivity contribution in [2.75, 3.05) is 7.11 Å². The van der Waals surface area contributed by atoms with E-state index in [1.165, 1.54) is 7.11 Å². The summed E-state index contributed by atoms with van der Waals surface area (Å²) in [5.41, 5.74) is 1.27. The number of nitrogens with zero attached hydrogens (tertiary/aromatic N) is 1. The summed E-state index contributed by atoms with van der Waals surface area (Å²) in [6.07, 6.45) is 5.13. The summed E-state index contributed by atoms with van der Waals surface area (Å²) in [5.74, 6) is -0.0593. The molecule has 0 aliphatic heterocycles. The van der Waals surface area contributed by atoms with Gasteiger partial charge >= 0.3 is 5.97 Å². The number of hydrogen-bond donors (Lipinski definition) is 0. The van der Waals surface area contributed by atoms with Crippen LogP contribution in [0.4, 0.5) is 0 Å². The van der Waals surface area contributed by atoms with E-state index in [1.807, 2.05) is 6.92 Å². The van der Waals surface area contributed by atoms with Gasteiger partial charge in [0.2, 0.25) is 10.0 Å². The fraction of sp³-hybridized carbons (Fsp3) is 0.435. The van der Waals surface area contributed by atoms with Crippen LogP contribution in [0.25, 0.3) is 0 Å². The van der Waals surface area contributed by atoms with Gasteiger partial charge < -0.3 is 4.74 Å². The fourth-order valence-electron chi connectivity index (χ4n) is 4.28. The first-order chi connectivity index (χ1) is 14.4. The third-order valence-corrected chi connectivity index (χ3v) is 8.00. The quantitative estimate of drug-likeness (QED) is 0.471. The molecule has 8 heteroatoms. The molecule has 0 saturated heterocycles. The first-order valence-corrected chi connectivity index (χ1v) is 12.1. The molecule has 2 aromatic rings. The molecule has 2 aromatic carbocycles. The van der Waals surface area contributed by atoms with Gasteiger partial charge in [-0.2, -0.15) is 17.8 Å². The highest BCUT2D eigenvalue weighted by Crippen LogP contribution is 2.35. The minimum Gasteiger partial charge on any atom is -0.465 e. The van der Waals surface area contributed by atoms with Crippen molar-refractivity contribution >= 4 is 41.1 Å². The van der Waals surface area contributed by atoms with E-state index in [0.717, 1.165) is 37.7 Å². The molecule has 0 radical (unpaired) electrons. The first-order valence-electron chi connectivity index (χ1n) is 10.3. The molecule has 1 atom stereocenters. The zero-order valence-electron chi connectivity index (χ0n) is 17.9. The summed E-state index contributed by atoms with van der Waals surface area (Å²) in [7, 11) is -2.38. The minimum absolute atomic E-state index is 0. The average molecular weight is 484 g/mol. The van der Waals surface area contributed by atoms with E-state index in [9.17, 15) is 13.2 Å². The summed E-state index contributed by atoms with van der Waals surface area (Å²) in [6.45, 7) is 2.30. The predicted molar refractivity (Wildman–Crippen MR) is 128 cm³/mol. The Morgan fingerprint density at radius 2 is 1.68 bits per heavy atom. The van der Waals surface area contributed by atoms with Gasteiger partial charge in [-0.25, -0.2) is 13.2 Å². The zero-order valence-corrected chi connectivity index (χ0v) is 20.5. The lowest BCUT2D eigenvalue weighted by atomic mass is 9.95. The highest BCUT2D eigenvalue weighted by molar-refractivity contribution is 7.89. The Hall–Kier alpha value is -1.54. The third kappa shape index (κ3) is 6.04. The highest BCUT2D eigenvalue weighted by Gasteiger charge is 2.36. The lowest BCUT2D eigenvalue weighted by Gasteiger charge is -2.34. The maximum absolute atomic E-state index is 13.6. The van der Waals surface area contributed by atoms with Crippen LogP contribution in [0, 0.1) is 5.92 Å². The Kier molecular flexibility index (Phi) is 9.43. The van der Waals surface area contributed by atoms with Crippen LogP contribution in [-0.4, -0.2) is 31.8 Å². The molecule has 5 nitrogen and oxygen atoms in total. The van der Waals surface area contributed by atoms with Crippen molar-refractivity contribution in [3.63, 3.8) is 0 Å². The SMILES string of the molecule is CC[C@@H](C1CCCC1)N(Cc1ccc(C(=O)OC)cc1)S(=O)(=O)c1ccc(Cl)cc1.S. The fourth-order valence-corrected chi connectivity index (χ4v) is 6.15. The number of carbonyl (C=O) groups excluding carboxylic acids is 1. The topological polar surface area (TPSA) is 63.7 Å². The van der Waals surface area contributed by atoms with Crippen molar-refractivity contribution in [2.45, 2.75) is 56.5 Å². The molecule has 0 spiro atoms. The number of hydrogen-bond acceptors (Lipinski definition) is 4. The molecule has 0 heterocycles. The molecule has 0 unspecified atom stereocenters. The number of carbonyl (C=O) groups is 1. The van der Waals surface area contributed by atoms with Crippen molar-refractivity contribution in [1.82, 2.24) is 4.31 Å². The normalized spacial score (nSPS) is 15.5. The second-order valence-electron chi connectivity index (χ2n) is 7.71. The standard InChI is InChI=1S/C23H28ClNO4S.H2S/c1-3-22(18-6-4-5-7-18)25(30(27,28)21-14-12-20(24)13-15-21)16-17-8-10-19(11-9-17)23(26)29-2;/h8-15,18,22H,3-7,16H2,1-2H3;1H2/t22-;/m0./s1. The molecule has 0 bridgehead atoms. The Labute approximate surface area is 197 Å². The number of halogens is 1. The van der Waals surface area contributed by atoms with Crippen LogP contribution in [0.2, 0.25) is 5.02 Å². The Bertz CT molecular complexity index is 956. The van der Waals surface area contributed by atoms with Gasteiger partial charge in [0.1, 0.15) is 0 Å². The van der Waals surface area contributed by atoms with Gasteiger partial charge in [-0.05, 0) is 67.1 Å². The summed E-state index contributed by atoms with van der Waals surface area (Å²) >= 11 is 5.97. The third-order valence-electron chi connectivity index (χ3n) is 5.87. The Morgan fingerprint density at radius 1 is 1.10 bits per heavy atom. The monoisotopic (exact) mass is 483 g/mol. The molecular weight excluding hydrogens is 454 g/mol. The molecule has 1 saturated carbocycles. The molecule has 1 aliphatic rings. The van der Waals surface area contributed by atoms with Crippen molar-refractivity contribution in [2.24, 2.45) is 5.92 Å². The van der Waals surface area contributed by atoms with E-state index in [1.54, 1.807) is 52.8 Å². The van der Waals surface area contributed by atoms with Crippen molar-refractivity contribution in [3.8, 4) is 0 Å². The summed E-state index contributed by atoms with van der Waals surface area (Å²) in [6, 6.07) is 13.2. The molecule has 0 aromatic heterocycles. The van der Waals surface area contributed by atoms with Crippen LogP contribution in [0.15, 0.2) is 53.4 Å². The van der Waals surface area contributed by atoms with Gasteiger partial charge in [-0.15, -0.1) is 0 Å². The van der Waals surface area contributed by atoms with Crippen molar-refractivity contribution in [1.29, 1.82) is 0 Å². The molecule has 1 fully saturated rings. The lowest BCUT2D eigenvalue weighted by Crippen LogP contribution is -2.43. The number of esters is 1. The van der Waals surface area contributed by atoms with Crippen LogP contribution in [0.5, 0.6) is 0 Å². The predicted octanol–water partition coefficient (Wildman–Crippen LogP) is 5.40. The largest absolute Gasteiger partial charge is 0.465 e. The number of benzene rings is 2. The maximum atomic E-state index is 13.6. The molecule has 0 N–H and O–H groups in total. The van der Waals surface area contributed by atoms with Gasteiger partial charge in [0.05, 0.1) is 17.6 Å². The molecular formula is C23H30ClNO4S2. The van der Waals surface area contributed by atoms with Gasteiger partial charge in [0.15, 0.2) is 0 Å². The van der Waals surface area contributed by atoms with Crippen molar-refractivity contribution in [3.05, 3.63) is 64.7 Å². The van der Waals surface area contributed by atoms with Crippen LogP contribution < -0.4 is 0 Å². The highest BCUT2D eigenvalue weighted by atomic mass is 35.5. The smallest absolute Gasteiger partial charge is 0.337 e. The number of ether oxygens (including phenoxy) is 1. The van der Waals surface area contributed by atoms with E-state index in [-0.39, 0.29) is 31.0 Å². The van der Waals surface area contributed by atoms with Crippen molar-refractivity contribution < 1.29 is 17.9 Å². The van der Waals surface area contributed by atoms with E-state index in [0.29, 0.717) is 16.5 Å². The summed E-state index contributed by atoms with van der Waals surface area (Å²) in [4.78, 5) is 12.0. The number of rotatable bonds is 8. The molecule has 3 rings (SSSR count). The van der Waals surface area contributed by atoms with Gasteiger partial charge in [-0.1, -0.05) is 43.5 Å². The van der Waals surface area contributed by atoms with E-state index >= 15 is 0 Å². The number of sulfonamides is 1. The average Bonchev–Trinajstić information content (AvgIpc) is 3.28. The van der Waals surface area contributed by atoms with Crippen LogP contribution >= 0.6 is 25.1 Å². The van der Waals surface area contributed by atoms with Crippen LogP contribution in [0.1, 0.15) is 54.9 Å². The Morgan fingerprint density at radius 3 is 2.19 bits per heavy atom. The zero-order chi connectivity index (χ0) is 21.7.